The zero-order valence-corrected chi connectivity index (χ0v) is 9.54. The highest BCUT2D eigenvalue weighted by atomic mass is 32.2. The van der Waals surface area contributed by atoms with Gasteiger partial charge in [0.1, 0.15) is 4.90 Å². The number of sulfone groups is 1. The summed E-state index contributed by atoms with van der Waals surface area (Å²) in [6, 6.07) is 4.66. The SMILES string of the molecule is CC1CS(=O)(=O)c2c(N)cccc2NC1=O. The Morgan fingerprint density at radius 3 is 2.81 bits per heavy atom. The number of nitrogens with one attached hydrogen (secondary N) is 1. The molecule has 0 spiro atoms. The van der Waals surface area contributed by atoms with Crippen LogP contribution in [-0.4, -0.2) is 20.1 Å². The van der Waals surface area contributed by atoms with Gasteiger partial charge in [0.05, 0.1) is 17.1 Å². The molecule has 1 aromatic rings. The maximum Gasteiger partial charge on any atom is 0.228 e. The zero-order valence-electron chi connectivity index (χ0n) is 8.73. The minimum atomic E-state index is -3.50. The number of benzene rings is 1. The lowest BCUT2D eigenvalue weighted by Gasteiger charge is -2.08. The van der Waals surface area contributed by atoms with Gasteiger partial charge in [-0.25, -0.2) is 8.42 Å². The van der Waals surface area contributed by atoms with Crippen LogP contribution < -0.4 is 11.1 Å². The molecule has 0 fully saturated rings. The summed E-state index contributed by atoms with van der Waals surface area (Å²) in [4.78, 5) is 11.6. The Kier molecular flexibility index (Phi) is 2.38. The van der Waals surface area contributed by atoms with Crippen molar-refractivity contribution >= 4 is 27.1 Å². The molecule has 0 saturated heterocycles. The molecule has 1 unspecified atom stereocenters. The Morgan fingerprint density at radius 1 is 1.44 bits per heavy atom. The van der Waals surface area contributed by atoms with Crippen LogP contribution in [0, 0.1) is 5.92 Å². The number of fused-ring (bicyclic) bond motifs is 1. The first-order valence-corrected chi connectivity index (χ1v) is 6.49. The largest absolute Gasteiger partial charge is 0.398 e. The molecule has 2 rings (SSSR count). The minimum Gasteiger partial charge on any atom is -0.398 e. The van der Waals surface area contributed by atoms with E-state index >= 15 is 0 Å². The summed E-state index contributed by atoms with van der Waals surface area (Å²) in [6.45, 7) is 1.58. The number of rotatable bonds is 0. The number of anilines is 2. The fraction of sp³-hybridized carbons (Fsp3) is 0.300. The van der Waals surface area contributed by atoms with E-state index in [0.29, 0.717) is 0 Å². The number of carbonyl (C=O) groups excluding carboxylic acids is 1. The molecule has 0 aromatic heterocycles. The second-order valence-electron chi connectivity index (χ2n) is 3.90. The molecule has 16 heavy (non-hydrogen) atoms. The molecule has 6 heteroatoms. The Hall–Kier alpha value is -1.56. The van der Waals surface area contributed by atoms with E-state index in [9.17, 15) is 13.2 Å². The number of carbonyl (C=O) groups is 1. The van der Waals surface area contributed by atoms with Gasteiger partial charge in [0.25, 0.3) is 0 Å². The maximum atomic E-state index is 12.0. The fourth-order valence-electron chi connectivity index (χ4n) is 1.74. The maximum absolute atomic E-state index is 12.0. The van der Waals surface area contributed by atoms with Gasteiger partial charge >= 0.3 is 0 Å². The Morgan fingerprint density at radius 2 is 2.12 bits per heavy atom. The number of amides is 1. The van der Waals surface area contributed by atoms with Crippen LogP contribution in [0.15, 0.2) is 23.1 Å². The molecule has 1 heterocycles. The second-order valence-corrected chi connectivity index (χ2v) is 5.87. The van der Waals surface area contributed by atoms with Gasteiger partial charge in [-0.15, -0.1) is 0 Å². The van der Waals surface area contributed by atoms with Crippen molar-refractivity contribution < 1.29 is 13.2 Å². The van der Waals surface area contributed by atoms with E-state index in [2.05, 4.69) is 5.32 Å². The molecule has 0 bridgehead atoms. The summed E-state index contributed by atoms with van der Waals surface area (Å²) < 4.78 is 24.0. The van der Waals surface area contributed by atoms with Gasteiger partial charge < -0.3 is 11.1 Å². The Bertz CT molecular complexity index is 551. The van der Waals surface area contributed by atoms with E-state index in [1.807, 2.05) is 0 Å². The van der Waals surface area contributed by atoms with Gasteiger partial charge in [-0.05, 0) is 12.1 Å². The molecule has 5 nitrogen and oxygen atoms in total. The van der Waals surface area contributed by atoms with E-state index in [1.54, 1.807) is 19.1 Å². The van der Waals surface area contributed by atoms with Gasteiger partial charge in [-0.2, -0.15) is 0 Å². The number of hydrogen-bond donors (Lipinski definition) is 2. The molecule has 1 amide bonds. The average molecular weight is 240 g/mol. The van der Waals surface area contributed by atoms with Crippen molar-refractivity contribution in [3.63, 3.8) is 0 Å². The monoisotopic (exact) mass is 240 g/mol. The highest BCUT2D eigenvalue weighted by Crippen LogP contribution is 2.32. The van der Waals surface area contributed by atoms with E-state index in [1.165, 1.54) is 6.07 Å². The standard InChI is InChI=1S/C10H12N2O3S/c1-6-5-16(14,15)9-7(11)3-2-4-8(9)12-10(6)13/h2-4,6H,5,11H2,1H3,(H,12,13). The van der Waals surface area contributed by atoms with E-state index in [4.69, 9.17) is 5.73 Å². The van der Waals surface area contributed by atoms with Crippen LogP contribution >= 0.6 is 0 Å². The Balaban J connectivity index is 2.71. The summed E-state index contributed by atoms with van der Waals surface area (Å²) in [5.74, 6) is -1.08. The van der Waals surface area contributed by atoms with E-state index in [0.717, 1.165) is 0 Å². The summed E-state index contributed by atoms with van der Waals surface area (Å²) >= 11 is 0. The van der Waals surface area contributed by atoms with Crippen LogP contribution in [0.5, 0.6) is 0 Å². The van der Waals surface area contributed by atoms with Crippen molar-refractivity contribution in [1.29, 1.82) is 0 Å². The molecule has 0 saturated carbocycles. The molecule has 3 N–H and O–H groups in total. The molecular formula is C10H12N2O3S. The van der Waals surface area contributed by atoms with Crippen molar-refractivity contribution in [2.24, 2.45) is 5.92 Å². The first-order valence-electron chi connectivity index (χ1n) is 4.84. The first kappa shape index (κ1) is 10.9. The second kappa shape index (κ2) is 3.48. The summed E-state index contributed by atoms with van der Waals surface area (Å²) in [5, 5.41) is 2.57. The van der Waals surface area contributed by atoms with Crippen molar-refractivity contribution in [2.75, 3.05) is 16.8 Å². The lowest BCUT2D eigenvalue weighted by Crippen LogP contribution is -2.22. The number of nitrogen functional groups attached to an aromatic ring is 1. The fourth-order valence-corrected chi connectivity index (χ4v) is 3.60. The molecule has 86 valence electrons. The van der Waals surface area contributed by atoms with Crippen LogP contribution in [0.2, 0.25) is 0 Å². The third kappa shape index (κ3) is 1.65. The normalized spacial score (nSPS) is 23.1. The molecule has 0 radical (unpaired) electrons. The lowest BCUT2D eigenvalue weighted by atomic mass is 10.2. The van der Waals surface area contributed by atoms with Crippen molar-refractivity contribution in [1.82, 2.24) is 0 Å². The quantitative estimate of drug-likeness (QED) is 0.651. The molecular weight excluding hydrogens is 228 g/mol. The number of hydrogen-bond acceptors (Lipinski definition) is 4. The molecule has 0 aliphatic carbocycles. The van der Waals surface area contributed by atoms with Crippen LogP contribution in [0.1, 0.15) is 6.92 Å². The topological polar surface area (TPSA) is 89.3 Å². The molecule has 1 atom stereocenters. The highest BCUT2D eigenvalue weighted by molar-refractivity contribution is 7.91. The highest BCUT2D eigenvalue weighted by Gasteiger charge is 2.31. The predicted molar refractivity (Wildman–Crippen MR) is 60.7 cm³/mol. The molecule has 1 aliphatic rings. The minimum absolute atomic E-state index is 0.0349. The van der Waals surface area contributed by atoms with Crippen LogP contribution in [0.25, 0.3) is 0 Å². The van der Waals surface area contributed by atoms with Crippen LogP contribution in [0.3, 0.4) is 0 Å². The van der Waals surface area contributed by atoms with Crippen molar-refractivity contribution in [2.45, 2.75) is 11.8 Å². The predicted octanol–water partition coefficient (Wildman–Crippen LogP) is 0.631. The van der Waals surface area contributed by atoms with Gasteiger partial charge in [0.15, 0.2) is 9.84 Å². The van der Waals surface area contributed by atoms with Gasteiger partial charge in [0, 0.05) is 5.92 Å². The summed E-state index contributed by atoms with van der Waals surface area (Å²) in [7, 11) is -3.50. The van der Waals surface area contributed by atoms with Gasteiger partial charge in [-0.1, -0.05) is 13.0 Å². The third-order valence-electron chi connectivity index (χ3n) is 2.53. The Labute approximate surface area is 93.6 Å². The average Bonchev–Trinajstić information content (AvgIpc) is 2.23. The van der Waals surface area contributed by atoms with Gasteiger partial charge in [0.2, 0.25) is 5.91 Å². The van der Waals surface area contributed by atoms with Crippen LogP contribution in [0.4, 0.5) is 11.4 Å². The summed E-state index contributed by atoms with van der Waals surface area (Å²) in [5.41, 5.74) is 6.09. The van der Waals surface area contributed by atoms with Crippen molar-refractivity contribution in [3.05, 3.63) is 18.2 Å². The third-order valence-corrected chi connectivity index (χ3v) is 4.55. The van der Waals surface area contributed by atoms with E-state index in [-0.39, 0.29) is 27.9 Å². The zero-order chi connectivity index (χ0) is 11.9. The summed E-state index contributed by atoms with van der Waals surface area (Å²) in [6.07, 6.45) is 0. The van der Waals surface area contributed by atoms with E-state index < -0.39 is 15.8 Å². The molecule has 1 aliphatic heterocycles. The lowest BCUT2D eigenvalue weighted by molar-refractivity contribution is -0.118. The number of nitrogens with two attached hydrogens (primary N) is 1. The molecule has 1 aromatic carbocycles. The smallest absolute Gasteiger partial charge is 0.228 e. The first-order chi connectivity index (χ1) is 7.42. The van der Waals surface area contributed by atoms with Crippen molar-refractivity contribution in [3.8, 4) is 0 Å². The van der Waals surface area contributed by atoms with Gasteiger partial charge in [-0.3, -0.25) is 4.79 Å². The van der Waals surface area contributed by atoms with Crippen LogP contribution in [-0.2, 0) is 14.6 Å².